The van der Waals surface area contributed by atoms with E-state index in [1.807, 2.05) is 12.1 Å². The molecule has 0 radical (unpaired) electrons. The number of rotatable bonds is 8. The largest absolute Gasteiger partial charge is 0.482 e. The van der Waals surface area contributed by atoms with Crippen molar-refractivity contribution in [2.45, 2.75) is 13.0 Å². The molecular weight excluding hydrogens is 376 g/mol. The van der Waals surface area contributed by atoms with E-state index in [1.54, 1.807) is 53.2 Å². The number of carboxylic acid groups (broad SMARTS) is 1. The van der Waals surface area contributed by atoms with E-state index >= 15 is 0 Å². The lowest BCUT2D eigenvalue weighted by molar-refractivity contribution is -0.139. The maximum absolute atomic E-state index is 12.5. The van der Waals surface area contributed by atoms with Crippen LogP contribution in [0, 0.1) is 0 Å². The van der Waals surface area contributed by atoms with Gasteiger partial charge < -0.3 is 24.4 Å². The van der Waals surface area contributed by atoms with Gasteiger partial charge in [0.05, 0.1) is 5.69 Å². The fourth-order valence-corrected chi connectivity index (χ4v) is 3.00. The predicted molar refractivity (Wildman–Crippen MR) is 105 cm³/mol. The summed E-state index contributed by atoms with van der Waals surface area (Å²) in [7, 11) is 1.70. The Bertz CT molecular complexity index is 896. The molecule has 0 atom stereocenters. The normalized spacial score (nSPS) is 12.7. The van der Waals surface area contributed by atoms with Gasteiger partial charge in [0.2, 0.25) is 5.91 Å². The van der Waals surface area contributed by atoms with Gasteiger partial charge in [-0.2, -0.15) is 0 Å². The molecule has 1 aliphatic rings. The first-order valence-electron chi connectivity index (χ1n) is 9.13. The van der Waals surface area contributed by atoms with Crippen molar-refractivity contribution in [2.75, 3.05) is 31.7 Å². The van der Waals surface area contributed by atoms with Crippen LogP contribution in [0.4, 0.5) is 5.69 Å². The van der Waals surface area contributed by atoms with Crippen LogP contribution in [0.1, 0.15) is 12.0 Å². The summed E-state index contributed by atoms with van der Waals surface area (Å²) in [5.41, 5.74) is 1.56. The highest BCUT2D eigenvalue weighted by Gasteiger charge is 2.25. The Morgan fingerprint density at radius 3 is 2.62 bits per heavy atom. The predicted octanol–water partition coefficient (Wildman–Crippen LogP) is 1.92. The maximum atomic E-state index is 12.5. The number of hydrogen-bond donors (Lipinski definition) is 1. The molecule has 1 N–H and O–H groups in total. The zero-order valence-corrected chi connectivity index (χ0v) is 16.0. The van der Waals surface area contributed by atoms with Crippen molar-refractivity contribution in [3.63, 3.8) is 0 Å². The molecule has 0 spiro atoms. The number of anilines is 1. The Labute approximate surface area is 168 Å². The average molecular weight is 398 g/mol. The van der Waals surface area contributed by atoms with Crippen LogP contribution in [0.15, 0.2) is 48.5 Å². The Morgan fingerprint density at radius 2 is 1.90 bits per heavy atom. The number of para-hydroxylation sites is 2. The summed E-state index contributed by atoms with van der Waals surface area (Å²) >= 11 is 0. The molecule has 0 bridgehead atoms. The number of fused-ring (bicyclic) bond motifs is 1. The third-order valence-electron chi connectivity index (χ3n) is 4.49. The third-order valence-corrected chi connectivity index (χ3v) is 4.49. The lowest BCUT2D eigenvalue weighted by atomic mass is 10.2. The highest BCUT2D eigenvalue weighted by molar-refractivity contribution is 5.98. The number of ether oxygens (including phenoxy) is 2. The van der Waals surface area contributed by atoms with Crippen LogP contribution in [0.25, 0.3) is 0 Å². The summed E-state index contributed by atoms with van der Waals surface area (Å²) in [6, 6.07) is 14.2. The maximum Gasteiger partial charge on any atom is 0.341 e. The molecule has 29 heavy (non-hydrogen) atoms. The van der Waals surface area contributed by atoms with Crippen molar-refractivity contribution < 1.29 is 29.0 Å². The number of nitrogens with zero attached hydrogens (tertiary/aromatic N) is 2. The van der Waals surface area contributed by atoms with Crippen LogP contribution in [-0.4, -0.2) is 54.6 Å². The fourth-order valence-electron chi connectivity index (χ4n) is 3.00. The van der Waals surface area contributed by atoms with Gasteiger partial charge in [-0.05, 0) is 29.8 Å². The van der Waals surface area contributed by atoms with Gasteiger partial charge >= 0.3 is 5.97 Å². The number of hydrogen-bond acceptors (Lipinski definition) is 5. The van der Waals surface area contributed by atoms with E-state index < -0.39 is 12.6 Å². The number of aliphatic carboxylic acids is 1. The van der Waals surface area contributed by atoms with Gasteiger partial charge in [0, 0.05) is 26.6 Å². The summed E-state index contributed by atoms with van der Waals surface area (Å²) in [6.45, 7) is 0.245. The smallest absolute Gasteiger partial charge is 0.341 e. The molecule has 8 nitrogen and oxygen atoms in total. The monoisotopic (exact) mass is 398 g/mol. The van der Waals surface area contributed by atoms with E-state index in [0.29, 0.717) is 23.7 Å². The molecule has 1 heterocycles. The molecule has 1 aliphatic heterocycles. The summed E-state index contributed by atoms with van der Waals surface area (Å²) < 4.78 is 10.5. The van der Waals surface area contributed by atoms with Gasteiger partial charge in [-0.15, -0.1) is 0 Å². The fraction of sp³-hybridized carbons (Fsp3) is 0.286. The van der Waals surface area contributed by atoms with Crippen LogP contribution in [-0.2, 0) is 20.9 Å². The molecule has 0 unspecified atom stereocenters. The second-order valence-corrected chi connectivity index (χ2v) is 6.63. The number of carbonyl (C=O) groups excluding carboxylic acids is 2. The van der Waals surface area contributed by atoms with Gasteiger partial charge in [-0.1, -0.05) is 24.3 Å². The quantitative estimate of drug-likeness (QED) is 0.730. The van der Waals surface area contributed by atoms with Crippen molar-refractivity contribution >= 4 is 23.5 Å². The molecule has 0 aromatic heterocycles. The van der Waals surface area contributed by atoms with E-state index in [1.165, 1.54) is 0 Å². The van der Waals surface area contributed by atoms with Crippen molar-refractivity contribution in [2.24, 2.45) is 0 Å². The first-order valence-corrected chi connectivity index (χ1v) is 9.13. The van der Waals surface area contributed by atoms with E-state index in [2.05, 4.69) is 0 Å². The molecular formula is C21H22N2O6. The van der Waals surface area contributed by atoms with Crippen molar-refractivity contribution in [1.29, 1.82) is 0 Å². The average Bonchev–Trinajstić information content (AvgIpc) is 2.72. The molecule has 2 aromatic rings. The molecule has 2 amide bonds. The second kappa shape index (κ2) is 9.09. The molecule has 152 valence electrons. The lowest BCUT2D eigenvalue weighted by Crippen LogP contribution is -2.41. The molecule has 0 aliphatic carbocycles. The van der Waals surface area contributed by atoms with Crippen LogP contribution in [0.3, 0.4) is 0 Å². The van der Waals surface area contributed by atoms with E-state index in [9.17, 15) is 14.4 Å². The van der Waals surface area contributed by atoms with Crippen LogP contribution >= 0.6 is 0 Å². The molecule has 2 aromatic carbocycles. The second-order valence-electron chi connectivity index (χ2n) is 6.63. The summed E-state index contributed by atoms with van der Waals surface area (Å²) in [6.07, 6.45) is 0.191. The first-order chi connectivity index (χ1) is 13.9. The number of carbonyl (C=O) groups is 3. The van der Waals surface area contributed by atoms with Gasteiger partial charge in [0.1, 0.15) is 11.5 Å². The van der Waals surface area contributed by atoms with E-state index in [0.717, 1.165) is 5.56 Å². The van der Waals surface area contributed by atoms with Gasteiger partial charge in [0.25, 0.3) is 5.91 Å². The number of amides is 2. The van der Waals surface area contributed by atoms with Crippen molar-refractivity contribution in [3.05, 3.63) is 54.1 Å². The molecule has 0 fully saturated rings. The Balaban J connectivity index is 1.53. The summed E-state index contributed by atoms with van der Waals surface area (Å²) in [5, 5.41) is 8.62. The standard InChI is InChI=1S/C21H22N2O6/c1-22(12-15-6-8-16(9-7-15)28-14-21(26)27)19(24)10-11-23-17-4-2-3-5-18(17)29-13-20(23)25/h2-9H,10-14H2,1H3,(H,26,27). The third kappa shape index (κ3) is 5.25. The lowest BCUT2D eigenvalue weighted by Gasteiger charge is -2.29. The van der Waals surface area contributed by atoms with Crippen LogP contribution < -0.4 is 14.4 Å². The minimum atomic E-state index is -1.04. The molecule has 0 saturated heterocycles. The topological polar surface area (TPSA) is 96.4 Å². The minimum absolute atomic E-state index is 0.0304. The van der Waals surface area contributed by atoms with Gasteiger partial charge in [-0.3, -0.25) is 9.59 Å². The first kappa shape index (κ1) is 20.2. The number of carboxylic acids is 1. The van der Waals surface area contributed by atoms with Crippen molar-refractivity contribution in [3.8, 4) is 11.5 Å². The number of benzene rings is 2. The van der Waals surface area contributed by atoms with E-state index in [4.69, 9.17) is 14.6 Å². The SMILES string of the molecule is CN(Cc1ccc(OCC(=O)O)cc1)C(=O)CCN1C(=O)COc2ccccc21. The molecule has 8 heteroatoms. The summed E-state index contributed by atoms with van der Waals surface area (Å²) in [4.78, 5) is 38.4. The highest BCUT2D eigenvalue weighted by atomic mass is 16.5. The Morgan fingerprint density at radius 1 is 1.17 bits per heavy atom. The zero-order valence-electron chi connectivity index (χ0n) is 16.0. The summed E-state index contributed by atoms with van der Waals surface area (Å²) in [5.74, 6) is -0.211. The molecule has 0 saturated carbocycles. The van der Waals surface area contributed by atoms with Gasteiger partial charge in [-0.25, -0.2) is 4.79 Å². The molecule has 3 rings (SSSR count). The van der Waals surface area contributed by atoms with Gasteiger partial charge in [0.15, 0.2) is 13.2 Å². The minimum Gasteiger partial charge on any atom is -0.482 e. The highest BCUT2D eigenvalue weighted by Crippen LogP contribution is 2.31. The zero-order chi connectivity index (χ0) is 20.8. The van der Waals surface area contributed by atoms with Crippen LogP contribution in [0.2, 0.25) is 0 Å². The Hall–Kier alpha value is -3.55. The Kier molecular flexibility index (Phi) is 6.33. The van der Waals surface area contributed by atoms with E-state index in [-0.39, 0.29) is 31.4 Å². The van der Waals surface area contributed by atoms with Crippen molar-refractivity contribution in [1.82, 2.24) is 4.90 Å². The van der Waals surface area contributed by atoms with Crippen LogP contribution in [0.5, 0.6) is 11.5 Å².